The molecule has 1 saturated carbocycles. The summed E-state index contributed by atoms with van der Waals surface area (Å²) in [5.74, 6) is 1.20. The van der Waals surface area contributed by atoms with Gasteiger partial charge >= 0.3 is 0 Å². The third-order valence-corrected chi connectivity index (χ3v) is 4.99. The Morgan fingerprint density at radius 3 is 2.67 bits per heavy atom. The van der Waals surface area contributed by atoms with Gasteiger partial charge in [-0.15, -0.1) is 0 Å². The molecule has 4 heteroatoms. The highest BCUT2D eigenvalue weighted by Gasteiger charge is 2.22. The molecule has 0 bridgehead atoms. The third-order valence-electron chi connectivity index (χ3n) is 4.58. The second-order valence-corrected chi connectivity index (χ2v) is 6.64. The maximum atomic E-state index is 9.21. The van der Waals surface area contributed by atoms with E-state index in [9.17, 15) is 5.11 Å². The molecule has 1 aromatic carbocycles. The second-order valence-electron chi connectivity index (χ2n) is 6.26. The molecule has 1 aromatic rings. The summed E-state index contributed by atoms with van der Waals surface area (Å²) in [4.78, 5) is 0. The average Bonchev–Trinajstić information content (AvgIpc) is 3.33. The quantitative estimate of drug-likeness (QED) is 0.723. The molecule has 114 valence electrons. The Hall–Kier alpha value is -1.19. The molecule has 0 heterocycles. The molecule has 3 rings (SSSR count). The topological polar surface area (TPSA) is 58.3 Å². The number of nitrogens with two attached hydrogens (primary N) is 1. The van der Waals surface area contributed by atoms with E-state index < -0.39 is 0 Å². The highest BCUT2D eigenvalue weighted by atomic mass is 35.5. The van der Waals surface area contributed by atoms with Crippen LogP contribution in [-0.4, -0.2) is 18.3 Å². The SMILES string of the molecule is Nc1c(NCC2CC2)ccc(C2=CCC(CO)CC2)c1Cl. The minimum absolute atomic E-state index is 0.268. The molecular formula is C17H23ClN2O. The fraction of sp³-hybridized carbons (Fsp3) is 0.529. The fourth-order valence-corrected chi connectivity index (χ4v) is 3.16. The van der Waals surface area contributed by atoms with E-state index in [4.69, 9.17) is 17.3 Å². The van der Waals surface area contributed by atoms with Crippen molar-refractivity contribution in [3.63, 3.8) is 0 Å². The van der Waals surface area contributed by atoms with Crippen molar-refractivity contribution in [1.82, 2.24) is 0 Å². The summed E-state index contributed by atoms with van der Waals surface area (Å²) in [6, 6.07) is 4.11. The molecule has 3 nitrogen and oxygen atoms in total. The molecule has 0 amide bonds. The van der Waals surface area contributed by atoms with Crippen LogP contribution in [-0.2, 0) is 0 Å². The number of anilines is 2. The van der Waals surface area contributed by atoms with E-state index in [0.717, 1.165) is 43.0 Å². The number of nitrogen functional groups attached to an aromatic ring is 1. The molecule has 2 aliphatic carbocycles. The molecule has 0 radical (unpaired) electrons. The van der Waals surface area contributed by atoms with Gasteiger partial charge in [-0.1, -0.05) is 23.7 Å². The molecule has 21 heavy (non-hydrogen) atoms. The van der Waals surface area contributed by atoms with Crippen molar-refractivity contribution >= 4 is 28.5 Å². The minimum Gasteiger partial charge on any atom is -0.396 e. The van der Waals surface area contributed by atoms with Crippen LogP contribution >= 0.6 is 11.6 Å². The van der Waals surface area contributed by atoms with Crippen LogP contribution in [0.5, 0.6) is 0 Å². The van der Waals surface area contributed by atoms with Crippen LogP contribution in [0.25, 0.3) is 5.57 Å². The average molecular weight is 307 g/mol. The number of allylic oxidation sites excluding steroid dienone is 2. The van der Waals surface area contributed by atoms with Crippen molar-refractivity contribution in [3.8, 4) is 0 Å². The number of rotatable bonds is 5. The Morgan fingerprint density at radius 1 is 1.24 bits per heavy atom. The van der Waals surface area contributed by atoms with Crippen molar-refractivity contribution < 1.29 is 5.11 Å². The number of benzene rings is 1. The number of nitrogens with one attached hydrogen (secondary N) is 1. The van der Waals surface area contributed by atoms with E-state index in [1.54, 1.807) is 0 Å². The van der Waals surface area contributed by atoms with Crippen LogP contribution in [0.15, 0.2) is 18.2 Å². The number of hydrogen-bond acceptors (Lipinski definition) is 3. The molecule has 4 N–H and O–H groups in total. The number of aliphatic hydroxyl groups excluding tert-OH is 1. The lowest BCUT2D eigenvalue weighted by Gasteiger charge is -2.22. The van der Waals surface area contributed by atoms with Gasteiger partial charge in [-0.3, -0.25) is 0 Å². The van der Waals surface area contributed by atoms with Gasteiger partial charge in [-0.25, -0.2) is 0 Å². The second kappa shape index (κ2) is 6.29. The highest BCUT2D eigenvalue weighted by molar-refractivity contribution is 6.35. The van der Waals surface area contributed by atoms with Gasteiger partial charge in [0.15, 0.2) is 0 Å². The Bertz CT molecular complexity index is 552. The first kappa shape index (κ1) is 14.7. The molecule has 0 aliphatic heterocycles. The Balaban J connectivity index is 1.76. The van der Waals surface area contributed by atoms with E-state index in [1.807, 2.05) is 6.07 Å². The predicted octanol–water partition coefficient (Wildman–Crippen LogP) is 3.92. The van der Waals surface area contributed by atoms with Crippen LogP contribution in [0.3, 0.4) is 0 Å². The predicted molar refractivity (Wildman–Crippen MR) is 89.5 cm³/mol. The van der Waals surface area contributed by atoms with Gasteiger partial charge in [-0.05, 0) is 61.1 Å². The first-order chi connectivity index (χ1) is 10.2. The zero-order chi connectivity index (χ0) is 14.8. The van der Waals surface area contributed by atoms with Gasteiger partial charge < -0.3 is 16.2 Å². The van der Waals surface area contributed by atoms with Crippen molar-refractivity contribution in [2.45, 2.75) is 32.1 Å². The Morgan fingerprint density at radius 2 is 2.05 bits per heavy atom. The normalized spacial score (nSPS) is 22.0. The maximum Gasteiger partial charge on any atom is 0.0745 e. The zero-order valence-corrected chi connectivity index (χ0v) is 13.0. The molecule has 1 fully saturated rings. The highest BCUT2D eigenvalue weighted by Crippen LogP contribution is 2.39. The van der Waals surface area contributed by atoms with E-state index in [-0.39, 0.29) is 6.61 Å². The van der Waals surface area contributed by atoms with Crippen molar-refractivity contribution in [3.05, 3.63) is 28.8 Å². The summed E-state index contributed by atoms with van der Waals surface area (Å²) in [5.41, 5.74) is 10.1. The first-order valence-electron chi connectivity index (χ1n) is 7.81. The van der Waals surface area contributed by atoms with Crippen LogP contribution in [0.2, 0.25) is 5.02 Å². The smallest absolute Gasteiger partial charge is 0.0745 e. The molecule has 0 spiro atoms. The van der Waals surface area contributed by atoms with Crippen LogP contribution in [0.1, 0.15) is 37.7 Å². The molecule has 1 unspecified atom stereocenters. The van der Waals surface area contributed by atoms with Crippen molar-refractivity contribution in [2.24, 2.45) is 11.8 Å². The summed E-state index contributed by atoms with van der Waals surface area (Å²) in [7, 11) is 0. The third kappa shape index (κ3) is 3.35. The van der Waals surface area contributed by atoms with Gasteiger partial charge in [-0.2, -0.15) is 0 Å². The lowest BCUT2D eigenvalue weighted by atomic mass is 9.87. The van der Waals surface area contributed by atoms with Crippen LogP contribution in [0, 0.1) is 11.8 Å². The largest absolute Gasteiger partial charge is 0.396 e. The summed E-state index contributed by atoms with van der Waals surface area (Å²) < 4.78 is 0. The van der Waals surface area contributed by atoms with Gasteiger partial charge in [0.25, 0.3) is 0 Å². The fourth-order valence-electron chi connectivity index (χ4n) is 2.87. The van der Waals surface area contributed by atoms with Crippen LogP contribution in [0.4, 0.5) is 11.4 Å². The lowest BCUT2D eigenvalue weighted by molar-refractivity contribution is 0.218. The number of hydrogen-bond donors (Lipinski definition) is 3. The summed E-state index contributed by atoms with van der Waals surface area (Å²) >= 11 is 6.48. The van der Waals surface area contributed by atoms with Crippen LogP contribution < -0.4 is 11.1 Å². The maximum absolute atomic E-state index is 9.21. The molecule has 0 aromatic heterocycles. The Kier molecular flexibility index (Phi) is 4.41. The standard InChI is InChI=1S/C17H23ClN2O/c18-16-14(13-5-3-12(10-21)4-6-13)7-8-15(17(16)19)20-9-11-1-2-11/h5,7-8,11-12,20-21H,1-4,6,9-10,19H2. The zero-order valence-electron chi connectivity index (χ0n) is 12.2. The van der Waals surface area contributed by atoms with Crippen molar-refractivity contribution in [2.75, 3.05) is 24.2 Å². The van der Waals surface area contributed by atoms with E-state index >= 15 is 0 Å². The summed E-state index contributed by atoms with van der Waals surface area (Å²) in [6.07, 6.45) is 7.72. The van der Waals surface area contributed by atoms with Crippen molar-refractivity contribution in [1.29, 1.82) is 0 Å². The van der Waals surface area contributed by atoms with Gasteiger partial charge in [0.05, 0.1) is 16.4 Å². The number of aliphatic hydroxyl groups is 1. The van der Waals surface area contributed by atoms with E-state index in [2.05, 4.69) is 17.5 Å². The molecule has 1 atom stereocenters. The van der Waals surface area contributed by atoms with Gasteiger partial charge in [0.1, 0.15) is 0 Å². The van der Waals surface area contributed by atoms with Gasteiger partial charge in [0.2, 0.25) is 0 Å². The molecular weight excluding hydrogens is 284 g/mol. The van der Waals surface area contributed by atoms with E-state index in [1.165, 1.54) is 18.4 Å². The lowest BCUT2D eigenvalue weighted by Crippen LogP contribution is -2.10. The minimum atomic E-state index is 0.268. The first-order valence-corrected chi connectivity index (χ1v) is 8.19. The molecule has 0 saturated heterocycles. The number of halogens is 1. The monoisotopic (exact) mass is 306 g/mol. The van der Waals surface area contributed by atoms with Gasteiger partial charge in [0, 0.05) is 13.2 Å². The molecule has 2 aliphatic rings. The summed E-state index contributed by atoms with van der Waals surface area (Å²) in [6.45, 7) is 1.25. The van der Waals surface area contributed by atoms with E-state index in [0.29, 0.717) is 16.6 Å². The summed E-state index contributed by atoms with van der Waals surface area (Å²) in [5, 5.41) is 13.3. The Labute approximate surface area is 131 Å².